The number of anilines is 1. The molecule has 1 aromatic carbocycles. The van der Waals surface area contributed by atoms with Gasteiger partial charge in [0.2, 0.25) is 5.65 Å². The van der Waals surface area contributed by atoms with Crippen molar-refractivity contribution in [2.75, 3.05) is 38.1 Å². The first-order valence-electron chi connectivity index (χ1n) is 7.67. The predicted molar refractivity (Wildman–Crippen MR) is 87.5 cm³/mol. The fraction of sp³-hybridized carbons (Fsp3) is 0.438. The minimum Gasteiger partial charge on any atom is -0.351 e. The van der Waals surface area contributed by atoms with Crippen LogP contribution in [0.25, 0.3) is 16.7 Å². The van der Waals surface area contributed by atoms with Crippen molar-refractivity contribution in [2.24, 2.45) is 0 Å². The van der Waals surface area contributed by atoms with Crippen molar-refractivity contribution in [3.63, 3.8) is 0 Å². The lowest BCUT2D eigenvalue weighted by atomic mass is 10.1. The van der Waals surface area contributed by atoms with Crippen LogP contribution in [-0.2, 0) is 0 Å². The molecular formula is C16H20N6. The van der Waals surface area contributed by atoms with Gasteiger partial charge < -0.3 is 9.80 Å². The van der Waals surface area contributed by atoms with Gasteiger partial charge in [0.1, 0.15) is 6.33 Å². The van der Waals surface area contributed by atoms with Crippen molar-refractivity contribution in [1.82, 2.24) is 24.5 Å². The van der Waals surface area contributed by atoms with Gasteiger partial charge in [-0.05, 0) is 38.1 Å². The summed E-state index contributed by atoms with van der Waals surface area (Å²) in [6.45, 7) is 8.27. The van der Waals surface area contributed by atoms with Gasteiger partial charge in [-0.1, -0.05) is 6.07 Å². The van der Waals surface area contributed by atoms with Crippen LogP contribution in [0.1, 0.15) is 11.1 Å². The molecule has 2 aromatic heterocycles. The summed E-state index contributed by atoms with van der Waals surface area (Å²) in [6.07, 6.45) is 1.79. The van der Waals surface area contributed by atoms with E-state index in [1.807, 2.05) is 0 Å². The summed E-state index contributed by atoms with van der Waals surface area (Å²) in [5, 5.41) is 8.43. The number of hydrogen-bond acceptors (Lipinski definition) is 5. The number of hydrogen-bond donors (Lipinski definition) is 0. The first kappa shape index (κ1) is 13.5. The van der Waals surface area contributed by atoms with Gasteiger partial charge >= 0.3 is 0 Å². The third-order valence-corrected chi connectivity index (χ3v) is 4.45. The van der Waals surface area contributed by atoms with Gasteiger partial charge in [0.15, 0.2) is 5.82 Å². The summed E-state index contributed by atoms with van der Waals surface area (Å²) >= 11 is 0. The van der Waals surface area contributed by atoms with E-state index in [1.165, 1.54) is 11.1 Å². The molecule has 0 saturated carbocycles. The van der Waals surface area contributed by atoms with Crippen molar-refractivity contribution in [3.05, 3.63) is 29.6 Å². The molecule has 0 aliphatic carbocycles. The van der Waals surface area contributed by atoms with Crippen molar-refractivity contribution in [2.45, 2.75) is 13.8 Å². The molecule has 6 nitrogen and oxygen atoms in total. The summed E-state index contributed by atoms with van der Waals surface area (Å²) in [4.78, 5) is 9.61. The highest BCUT2D eigenvalue weighted by Crippen LogP contribution is 2.26. The average Bonchev–Trinajstić information content (AvgIpc) is 2.97. The molecule has 0 atom stereocenters. The highest BCUT2D eigenvalue weighted by Gasteiger charge is 2.21. The quantitative estimate of drug-likeness (QED) is 0.683. The van der Waals surface area contributed by atoms with E-state index in [0.717, 1.165) is 48.7 Å². The smallest absolute Gasteiger partial charge is 0.204 e. The molecule has 0 unspecified atom stereocenters. The normalized spacial score (nSPS) is 16.8. The van der Waals surface area contributed by atoms with E-state index in [4.69, 9.17) is 4.98 Å². The molecule has 0 spiro atoms. The molecule has 0 amide bonds. The molecule has 3 aromatic rings. The number of aromatic nitrogens is 4. The van der Waals surface area contributed by atoms with Gasteiger partial charge in [-0.3, -0.25) is 4.40 Å². The Bertz CT molecular complexity index is 845. The molecule has 1 saturated heterocycles. The second-order valence-corrected chi connectivity index (χ2v) is 6.20. The Hall–Kier alpha value is -2.21. The minimum absolute atomic E-state index is 0.849. The number of likely N-dealkylation sites (N-methyl/N-ethyl adjacent to an activating group) is 1. The van der Waals surface area contributed by atoms with E-state index in [9.17, 15) is 0 Å². The molecule has 0 bridgehead atoms. The van der Waals surface area contributed by atoms with Crippen LogP contribution in [0.2, 0.25) is 0 Å². The van der Waals surface area contributed by atoms with Crippen LogP contribution in [0.5, 0.6) is 0 Å². The zero-order valence-electron chi connectivity index (χ0n) is 13.2. The Morgan fingerprint density at radius 3 is 2.59 bits per heavy atom. The Balaban J connectivity index is 1.95. The second-order valence-electron chi connectivity index (χ2n) is 6.20. The topological polar surface area (TPSA) is 49.6 Å². The van der Waals surface area contributed by atoms with E-state index in [1.54, 1.807) is 6.33 Å². The lowest BCUT2D eigenvalue weighted by Gasteiger charge is -2.33. The van der Waals surface area contributed by atoms with E-state index >= 15 is 0 Å². The highest BCUT2D eigenvalue weighted by molar-refractivity contribution is 5.85. The maximum absolute atomic E-state index is 4.95. The number of piperazine rings is 1. The van der Waals surface area contributed by atoms with Crippen LogP contribution in [0.4, 0.5) is 5.82 Å². The van der Waals surface area contributed by atoms with Crippen molar-refractivity contribution in [1.29, 1.82) is 0 Å². The Kier molecular flexibility index (Phi) is 3.00. The molecule has 4 rings (SSSR count). The van der Waals surface area contributed by atoms with Crippen molar-refractivity contribution < 1.29 is 0 Å². The number of benzene rings is 1. The van der Waals surface area contributed by atoms with Gasteiger partial charge in [-0.25, -0.2) is 4.98 Å². The monoisotopic (exact) mass is 296 g/mol. The molecule has 1 fully saturated rings. The lowest BCUT2D eigenvalue weighted by molar-refractivity contribution is 0.312. The molecule has 0 N–H and O–H groups in total. The molecule has 0 radical (unpaired) electrons. The van der Waals surface area contributed by atoms with Crippen molar-refractivity contribution >= 4 is 22.5 Å². The first-order chi connectivity index (χ1) is 10.6. The van der Waals surface area contributed by atoms with Gasteiger partial charge in [0.25, 0.3) is 0 Å². The van der Waals surface area contributed by atoms with Gasteiger partial charge in [-0.2, -0.15) is 0 Å². The zero-order valence-corrected chi connectivity index (χ0v) is 13.2. The molecular weight excluding hydrogens is 276 g/mol. The Morgan fingerprint density at radius 1 is 1.05 bits per heavy atom. The van der Waals surface area contributed by atoms with E-state index in [2.05, 4.69) is 57.4 Å². The molecule has 6 heteroatoms. The predicted octanol–water partition coefficient (Wildman–Crippen LogP) is 1.65. The van der Waals surface area contributed by atoms with E-state index in [-0.39, 0.29) is 0 Å². The summed E-state index contributed by atoms with van der Waals surface area (Å²) in [5.74, 6) is 0.949. The summed E-state index contributed by atoms with van der Waals surface area (Å²) < 4.78 is 2.07. The van der Waals surface area contributed by atoms with Gasteiger partial charge in [0, 0.05) is 26.2 Å². The van der Waals surface area contributed by atoms with Crippen LogP contribution in [0, 0.1) is 13.8 Å². The fourth-order valence-corrected chi connectivity index (χ4v) is 3.22. The summed E-state index contributed by atoms with van der Waals surface area (Å²) in [7, 11) is 2.16. The summed E-state index contributed by atoms with van der Waals surface area (Å²) in [5.41, 5.74) is 5.39. The van der Waals surface area contributed by atoms with Crippen LogP contribution in [-0.4, -0.2) is 57.7 Å². The highest BCUT2D eigenvalue weighted by atomic mass is 15.3. The van der Waals surface area contributed by atoms with Gasteiger partial charge in [0.05, 0.1) is 11.0 Å². The molecule has 3 heterocycles. The van der Waals surface area contributed by atoms with Crippen LogP contribution in [0.15, 0.2) is 18.5 Å². The fourth-order valence-electron chi connectivity index (χ4n) is 3.22. The molecule has 114 valence electrons. The lowest BCUT2D eigenvalue weighted by Crippen LogP contribution is -2.45. The van der Waals surface area contributed by atoms with Crippen LogP contribution >= 0.6 is 0 Å². The molecule has 22 heavy (non-hydrogen) atoms. The maximum atomic E-state index is 4.95. The van der Waals surface area contributed by atoms with Crippen LogP contribution < -0.4 is 4.90 Å². The van der Waals surface area contributed by atoms with Crippen molar-refractivity contribution in [3.8, 4) is 0 Å². The van der Waals surface area contributed by atoms with Gasteiger partial charge in [-0.15, -0.1) is 10.2 Å². The SMILES string of the molecule is Cc1cc(C)c2nc(N3CCN(C)CC3)c3nncn3c2c1. The average molecular weight is 296 g/mol. The van der Waals surface area contributed by atoms with Crippen LogP contribution in [0.3, 0.4) is 0 Å². The van der Waals surface area contributed by atoms with E-state index < -0.39 is 0 Å². The third-order valence-electron chi connectivity index (χ3n) is 4.45. The van der Waals surface area contributed by atoms with E-state index in [0.29, 0.717) is 0 Å². The Morgan fingerprint density at radius 2 is 1.82 bits per heavy atom. The first-order valence-corrected chi connectivity index (χ1v) is 7.67. The Labute approximate surface area is 129 Å². The number of fused-ring (bicyclic) bond motifs is 3. The summed E-state index contributed by atoms with van der Waals surface area (Å²) in [6, 6.07) is 4.33. The third kappa shape index (κ3) is 2.02. The standard InChI is InChI=1S/C16H20N6/c1-11-8-12(2)14-13(9-11)22-10-17-19-16(22)15(18-14)21-6-4-20(3)5-7-21/h8-10H,4-7H2,1-3H3. The molecule has 1 aliphatic rings. The number of rotatable bonds is 1. The minimum atomic E-state index is 0.849. The largest absolute Gasteiger partial charge is 0.351 e. The molecule has 1 aliphatic heterocycles. The number of nitrogens with zero attached hydrogens (tertiary/aromatic N) is 6. The number of aryl methyl sites for hydroxylation is 2. The zero-order chi connectivity index (χ0) is 15.3. The second kappa shape index (κ2) is 4.91. The maximum Gasteiger partial charge on any atom is 0.204 e.